The first-order chi connectivity index (χ1) is 35.8. The second-order valence-electron chi connectivity index (χ2n) is 25.5. The van der Waals surface area contributed by atoms with E-state index in [0.29, 0.717) is 50.8 Å². The summed E-state index contributed by atoms with van der Waals surface area (Å²) >= 11 is 1.60. The van der Waals surface area contributed by atoms with Crippen LogP contribution in [0.1, 0.15) is 145 Å². The molecule has 10 atom stereocenters. The molecule has 4 amide bonds. The highest BCUT2D eigenvalue weighted by Gasteiger charge is 2.67. The van der Waals surface area contributed by atoms with Gasteiger partial charge in [0.2, 0.25) is 29.4 Å². The molecule has 15 heteroatoms. The molecule has 0 spiro atoms. The molecule has 414 valence electrons. The van der Waals surface area contributed by atoms with Crippen LogP contribution in [0.15, 0.2) is 76.1 Å². The molecule has 8 rings (SSSR count). The molecule has 2 heterocycles. The monoisotopic (exact) mass is 1060 g/mol. The Labute approximate surface area is 455 Å². The highest BCUT2D eigenvalue weighted by atomic mass is 32.1. The average molecular weight is 1060 g/mol. The van der Waals surface area contributed by atoms with Crippen LogP contribution in [-0.2, 0) is 38.2 Å². The van der Waals surface area contributed by atoms with Crippen LogP contribution in [0.2, 0.25) is 0 Å². The number of rotatable bonds is 18. The van der Waals surface area contributed by atoms with Crippen molar-refractivity contribution in [3.63, 3.8) is 0 Å². The summed E-state index contributed by atoms with van der Waals surface area (Å²) in [4.78, 5) is 75.3. The smallest absolute Gasteiger partial charge is 0.246 e. The fourth-order valence-electron chi connectivity index (χ4n) is 14.2. The highest BCUT2D eigenvalue weighted by molar-refractivity contribution is 7.13. The Morgan fingerprint density at radius 3 is 2.22 bits per heavy atom. The second-order valence-corrected chi connectivity index (χ2v) is 26.3. The van der Waals surface area contributed by atoms with Crippen LogP contribution in [0, 0.1) is 51.2 Å². The maximum Gasteiger partial charge on any atom is 0.246 e. The number of aromatic nitrogens is 1. The summed E-state index contributed by atoms with van der Waals surface area (Å²) in [5, 5.41) is 19.8. The van der Waals surface area contributed by atoms with Gasteiger partial charge in [-0.25, -0.2) is 4.98 Å². The third-order valence-corrected chi connectivity index (χ3v) is 20.2. The zero-order valence-corrected chi connectivity index (χ0v) is 48.2. The van der Waals surface area contributed by atoms with Crippen LogP contribution in [0.25, 0.3) is 10.4 Å². The lowest BCUT2D eigenvalue weighted by atomic mass is 9.34. The number of carbonyl (C=O) groups is 5. The lowest BCUT2D eigenvalue weighted by Crippen LogP contribution is -2.62. The number of ketones is 1. The Hall–Kier alpha value is -4.96. The van der Waals surface area contributed by atoms with Gasteiger partial charge in [-0.3, -0.25) is 24.0 Å². The van der Waals surface area contributed by atoms with Crippen LogP contribution in [0.5, 0.6) is 0 Å². The molecule has 5 aliphatic carbocycles. The first-order valence-electron chi connectivity index (χ1n) is 27.8. The molecule has 2 aromatic rings. The van der Waals surface area contributed by atoms with Crippen molar-refractivity contribution in [1.29, 1.82) is 0 Å². The summed E-state index contributed by atoms with van der Waals surface area (Å²) < 4.78 is 17.2. The number of carbonyl (C=O) groups excluding carboxylic acids is 5. The van der Waals surface area contributed by atoms with Gasteiger partial charge in [-0.1, -0.05) is 104 Å². The number of likely N-dealkylation sites (tertiary alicyclic amines) is 1. The third kappa shape index (κ3) is 10.9. The summed E-state index contributed by atoms with van der Waals surface area (Å²) in [6.45, 7) is 27.3. The number of hydrogen-bond acceptors (Lipinski definition) is 11. The van der Waals surface area contributed by atoms with Crippen molar-refractivity contribution in [2.75, 3.05) is 52.7 Å². The molecule has 6 aliphatic rings. The van der Waals surface area contributed by atoms with Crippen LogP contribution in [0.4, 0.5) is 0 Å². The normalized spacial score (nSPS) is 30.9. The largest absolute Gasteiger partial charge is 0.504 e. The van der Waals surface area contributed by atoms with Gasteiger partial charge in [-0.2, -0.15) is 0 Å². The van der Waals surface area contributed by atoms with Gasteiger partial charge < -0.3 is 40.2 Å². The molecule has 4 fully saturated rings. The molecule has 0 bridgehead atoms. The number of aliphatic hydroxyl groups is 1. The van der Waals surface area contributed by atoms with E-state index in [2.05, 4.69) is 67.7 Å². The first kappa shape index (κ1) is 57.2. The summed E-state index contributed by atoms with van der Waals surface area (Å²) in [6.07, 6.45) is 13.4. The maximum atomic E-state index is 14.2. The summed E-state index contributed by atoms with van der Waals surface area (Å²) in [6, 6.07) is 6.30. The second kappa shape index (κ2) is 22.1. The number of amides is 4. The molecule has 1 aliphatic heterocycles. The van der Waals surface area contributed by atoms with Crippen molar-refractivity contribution in [2.45, 2.75) is 153 Å². The van der Waals surface area contributed by atoms with Crippen LogP contribution in [-0.4, -0.2) is 109 Å². The Kier molecular flexibility index (Phi) is 16.6. The van der Waals surface area contributed by atoms with Crippen LogP contribution >= 0.6 is 11.3 Å². The maximum absolute atomic E-state index is 14.2. The van der Waals surface area contributed by atoms with Gasteiger partial charge in [-0.15, -0.1) is 11.3 Å². The Balaban J connectivity index is 0.738. The SMILES string of the molecule is CC1=C(O)C(=O)C=C2C1=CC=C1[C@@]2(C)CC[C@@]2(C)[C@@H]3C[C@](C)(C(=O)NCCOCCOCCOCC(=O)N[C@H](C(=O)N4C[C@H](C)C[C@H]4C(=O)N[C@@H](C)c4ccc(-c5scnc5C)cc4)C(C)(C)C)CC[C@]3(C)CC[C@]12C. The molecule has 4 N–H and O–H groups in total. The number of hydrogen-bond donors (Lipinski definition) is 4. The number of fused-ring (bicyclic) bond motifs is 7. The topological polar surface area (TPSA) is 185 Å². The first-order valence-corrected chi connectivity index (χ1v) is 28.7. The van der Waals surface area contributed by atoms with Crippen molar-refractivity contribution < 1.29 is 43.3 Å². The van der Waals surface area contributed by atoms with E-state index in [-0.39, 0.29) is 82.7 Å². The lowest BCUT2D eigenvalue weighted by molar-refractivity contribution is -0.169. The Morgan fingerprint density at radius 2 is 1.55 bits per heavy atom. The number of allylic oxidation sites excluding steroid dienone is 7. The standard InChI is InChI=1S/C61H85N5O9S/c1-37-31-45(53(70)64-39(3)41-13-15-42(16-14-41)51-40(4)63-36-76-51)66(34-37)54(71)52(56(5,6)7)65-49(68)35-75-30-29-74-28-27-73-26-25-62-55(72)58(9)20-19-57(8)21-23-60(11)47-18-17-43-38(2)50(69)46(67)32-44(43)59(47,10)22-24-61(60,12)48(57)33-58/h13-18,32,36-37,39,45,48,52,69H,19-31,33-35H2,1-12H3,(H,62,72)(H,64,70)(H,65,68)/t37-,39+,45+,48-,52-,57-,58-,59+,60-,61+/m1/s1. The molecule has 76 heavy (non-hydrogen) atoms. The zero-order valence-electron chi connectivity index (χ0n) is 47.3. The van der Waals surface area contributed by atoms with Crippen molar-refractivity contribution in [2.24, 2.45) is 44.3 Å². The molecule has 14 nitrogen and oxygen atoms in total. The van der Waals surface area contributed by atoms with E-state index in [1.165, 1.54) is 5.57 Å². The van der Waals surface area contributed by atoms with Crippen LogP contribution in [0.3, 0.4) is 0 Å². The number of benzene rings is 1. The van der Waals surface area contributed by atoms with E-state index in [1.54, 1.807) is 22.3 Å². The number of ether oxygens (including phenoxy) is 3. The number of nitrogens with zero attached hydrogens (tertiary/aromatic N) is 2. The molecule has 0 unspecified atom stereocenters. The van der Waals surface area contributed by atoms with Crippen LogP contribution < -0.4 is 16.0 Å². The number of thiazole rings is 1. The van der Waals surface area contributed by atoms with Crippen molar-refractivity contribution in [3.8, 4) is 10.4 Å². The fraction of sp³-hybridized carbons (Fsp3) is 0.639. The van der Waals surface area contributed by atoms with Gasteiger partial charge in [0.1, 0.15) is 18.7 Å². The third-order valence-electron chi connectivity index (χ3n) is 19.2. The molecule has 0 radical (unpaired) electrons. The van der Waals surface area contributed by atoms with Gasteiger partial charge in [-0.05, 0) is 134 Å². The predicted octanol–water partition coefficient (Wildman–Crippen LogP) is 9.86. The van der Waals surface area contributed by atoms with E-state index in [4.69, 9.17) is 14.2 Å². The molecule has 1 aromatic carbocycles. The fourth-order valence-corrected chi connectivity index (χ4v) is 15.0. The van der Waals surface area contributed by atoms with Crippen molar-refractivity contribution >= 4 is 40.7 Å². The Bertz CT molecular complexity index is 2700. The van der Waals surface area contributed by atoms with E-state index >= 15 is 0 Å². The van der Waals surface area contributed by atoms with Crippen molar-refractivity contribution in [3.05, 3.63) is 87.3 Å². The minimum Gasteiger partial charge on any atom is -0.504 e. The van der Waals surface area contributed by atoms with Gasteiger partial charge in [0, 0.05) is 29.5 Å². The summed E-state index contributed by atoms with van der Waals surface area (Å²) in [7, 11) is 0. The van der Waals surface area contributed by atoms with Gasteiger partial charge in [0.25, 0.3) is 0 Å². The molecule has 1 saturated heterocycles. The van der Waals surface area contributed by atoms with E-state index in [0.717, 1.165) is 77.8 Å². The average Bonchev–Trinajstić information content (AvgIpc) is 4.02. The van der Waals surface area contributed by atoms with Gasteiger partial charge in [0.15, 0.2) is 5.76 Å². The summed E-state index contributed by atoms with van der Waals surface area (Å²) in [5.74, 6) is -0.874. The van der Waals surface area contributed by atoms with Crippen molar-refractivity contribution in [1.82, 2.24) is 25.8 Å². The molecule has 3 saturated carbocycles. The molecular weight excluding hydrogens is 979 g/mol. The van der Waals surface area contributed by atoms with E-state index in [9.17, 15) is 29.1 Å². The number of nitrogens with one attached hydrogen (secondary N) is 3. The molecule has 1 aromatic heterocycles. The quantitative estimate of drug-likeness (QED) is 0.105. The lowest BCUT2D eigenvalue weighted by Gasteiger charge is -2.70. The van der Waals surface area contributed by atoms with E-state index in [1.807, 2.05) is 78.2 Å². The number of aryl methyl sites for hydroxylation is 1. The zero-order chi connectivity index (χ0) is 55.2. The molecular formula is C61H85N5O9S. The van der Waals surface area contributed by atoms with E-state index < -0.39 is 28.8 Å². The minimum absolute atomic E-state index is 0.0441. The van der Waals surface area contributed by atoms with Gasteiger partial charge >= 0.3 is 0 Å². The number of aliphatic hydroxyl groups excluding tert-OH is 1. The summed E-state index contributed by atoms with van der Waals surface area (Å²) in [5.41, 5.74) is 7.44. The predicted molar refractivity (Wildman–Crippen MR) is 296 cm³/mol. The highest BCUT2D eigenvalue weighted by Crippen LogP contribution is 2.75. The minimum atomic E-state index is -0.873. The van der Waals surface area contributed by atoms with Gasteiger partial charge in [0.05, 0.1) is 55.2 Å². The Morgan fingerprint density at radius 1 is 0.882 bits per heavy atom.